The quantitative estimate of drug-likeness (QED) is 0.761. The van der Waals surface area contributed by atoms with Gasteiger partial charge in [-0.2, -0.15) is 0 Å². The summed E-state index contributed by atoms with van der Waals surface area (Å²) in [5.74, 6) is 0.301. The predicted molar refractivity (Wildman–Crippen MR) is 59.2 cm³/mol. The van der Waals surface area contributed by atoms with Crippen molar-refractivity contribution in [2.45, 2.75) is 18.9 Å². The summed E-state index contributed by atoms with van der Waals surface area (Å²) in [6.45, 7) is 0.891. The molecule has 1 fully saturated rings. The molecule has 0 aromatic heterocycles. The van der Waals surface area contributed by atoms with E-state index in [1.54, 1.807) is 0 Å². The molecule has 1 amide bonds. The maximum absolute atomic E-state index is 11.0. The summed E-state index contributed by atoms with van der Waals surface area (Å²) in [7, 11) is 0. The first-order valence-electron chi connectivity index (χ1n) is 5.32. The van der Waals surface area contributed by atoms with Gasteiger partial charge in [0.25, 0.3) is 0 Å². The number of nitrogens with two attached hydrogens (primary N) is 1. The van der Waals surface area contributed by atoms with Crippen molar-refractivity contribution in [2.75, 3.05) is 6.54 Å². The van der Waals surface area contributed by atoms with E-state index < -0.39 is 0 Å². The van der Waals surface area contributed by atoms with Crippen molar-refractivity contribution < 1.29 is 4.79 Å². The smallest absolute Gasteiger partial charge is 0.234 e. The van der Waals surface area contributed by atoms with Gasteiger partial charge >= 0.3 is 0 Å². The van der Waals surface area contributed by atoms with Crippen LogP contribution in [0, 0.1) is 5.92 Å². The Morgan fingerprint density at radius 3 is 2.73 bits per heavy atom. The molecule has 0 spiro atoms. The molecule has 80 valence electrons. The minimum atomic E-state index is -0.231. The second-order valence-electron chi connectivity index (χ2n) is 4.15. The Kier molecular flexibility index (Phi) is 3.02. The number of primary amides is 1. The Bertz CT molecular complexity index is 337. The van der Waals surface area contributed by atoms with E-state index in [0.717, 1.165) is 19.4 Å². The third-order valence-corrected chi connectivity index (χ3v) is 2.93. The Balaban J connectivity index is 1.90. The SMILES string of the molecule is NC(=O)[C@@H]1C[C@@H](Cc2ccccc2)CN1. The standard InChI is InChI=1S/C12H16N2O/c13-12(15)11-7-10(8-14-11)6-9-4-2-1-3-5-9/h1-5,10-11,14H,6-8H2,(H2,13,15)/t10-,11+/m1/s1. The zero-order valence-corrected chi connectivity index (χ0v) is 8.65. The minimum Gasteiger partial charge on any atom is -0.368 e. The Morgan fingerprint density at radius 2 is 2.13 bits per heavy atom. The third kappa shape index (κ3) is 2.57. The Morgan fingerprint density at radius 1 is 1.40 bits per heavy atom. The number of hydrogen-bond donors (Lipinski definition) is 2. The van der Waals surface area contributed by atoms with E-state index >= 15 is 0 Å². The van der Waals surface area contributed by atoms with Crippen molar-refractivity contribution in [2.24, 2.45) is 11.7 Å². The summed E-state index contributed by atoms with van der Waals surface area (Å²) in [5.41, 5.74) is 6.58. The van der Waals surface area contributed by atoms with Crippen molar-refractivity contribution >= 4 is 5.91 Å². The summed E-state index contributed by atoms with van der Waals surface area (Å²) < 4.78 is 0. The second-order valence-corrected chi connectivity index (χ2v) is 4.15. The lowest BCUT2D eigenvalue weighted by Crippen LogP contribution is -2.36. The van der Waals surface area contributed by atoms with Gasteiger partial charge in [0, 0.05) is 0 Å². The molecule has 1 aromatic rings. The first kappa shape index (κ1) is 10.2. The van der Waals surface area contributed by atoms with Crippen molar-refractivity contribution in [1.29, 1.82) is 0 Å². The number of amides is 1. The molecule has 3 nitrogen and oxygen atoms in total. The van der Waals surface area contributed by atoms with Gasteiger partial charge in [0.05, 0.1) is 6.04 Å². The number of nitrogens with one attached hydrogen (secondary N) is 1. The molecule has 0 saturated carbocycles. The minimum absolute atomic E-state index is 0.126. The van der Waals surface area contributed by atoms with Gasteiger partial charge in [0.15, 0.2) is 0 Å². The van der Waals surface area contributed by atoms with Gasteiger partial charge in [0.1, 0.15) is 0 Å². The fourth-order valence-corrected chi connectivity index (χ4v) is 2.13. The number of carbonyl (C=O) groups is 1. The molecule has 0 radical (unpaired) electrons. The van der Waals surface area contributed by atoms with Gasteiger partial charge in [-0.25, -0.2) is 0 Å². The molecule has 0 unspecified atom stereocenters. The summed E-state index contributed by atoms with van der Waals surface area (Å²) in [6, 6.07) is 10.2. The molecule has 0 bridgehead atoms. The van der Waals surface area contributed by atoms with Crippen LogP contribution in [-0.2, 0) is 11.2 Å². The van der Waals surface area contributed by atoms with Crippen LogP contribution in [0.2, 0.25) is 0 Å². The molecule has 1 saturated heterocycles. The van der Waals surface area contributed by atoms with E-state index in [0.29, 0.717) is 5.92 Å². The lowest BCUT2D eigenvalue weighted by atomic mass is 9.97. The van der Waals surface area contributed by atoms with Gasteiger partial charge in [-0.15, -0.1) is 0 Å². The summed E-state index contributed by atoms with van der Waals surface area (Å²) in [4.78, 5) is 11.0. The monoisotopic (exact) mass is 204 g/mol. The van der Waals surface area contributed by atoms with Crippen LogP contribution in [0.25, 0.3) is 0 Å². The van der Waals surface area contributed by atoms with Crippen molar-refractivity contribution in [3.8, 4) is 0 Å². The van der Waals surface area contributed by atoms with Gasteiger partial charge in [-0.05, 0) is 30.9 Å². The molecule has 3 N–H and O–H groups in total. The number of carbonyl (C=O) groups excluding carboxylic acids is 1. The highest BCUT2D eigenvalue weighted by molar-refractivity contribution is 5.80. The largest absolute Gasteiger partial charge is 0.368 e. The molecule has 1 heterocycles. The van der Waals surface area contributed by atoms with Crippen LogP contribution in [-0.4, -0.2) is 18.5 Å². The van der Waals surface area contributed by atoms with Crippen LogP contribution in [0.5, 0.6) is 0 Å². The second kappa shape index (κ2) is 4.45. The highest BCUT2D eigenvalue weighted by Crippen LogP contribution is 2.18. The van der Waals surface area contributed by atoms with Crippen molar-refractivity contribution in [3.63, 3.8) is 0 Å². The van der Waals surface area contributed by atoms with Gasteiger partial charge in [0.2, 0.25) is 5.91 Å². The van der Waals surface area contributed by atoms with E-state index in [1.807, 2.05) is 18.2 Å². The molecular weight excluding hydrogens is 188 g/mol. The van der Waals surface area contributed by atoms with Crippen LogP contribution in [0.3, 0.4) is 0 Å². The molecule has 2 rings (SSSR count). The highest BCUT2D eigenvalue weighted by atomic mass is 16.1. The molecule has 3 heteroatoms. The lowest BCUT2D eigenvalue weighted by Gasteiger charge is -2.08. The molecule has 15 heavy (non-hydrogen) atoms. The molecule has 2 atom stereocenters. The fraction of sp³-hybridized carbons (Fsp3) is 0.417. The van der Waals surface area contributed by atoms with Crippen LogP contribution in [0.15, 0.2) is 30.3 Å². The fourth-order valence-electron chi connectivity index (χ4n) is 2.13. The number of rotatable bonds is 3. The molecule has 1 aliphatic heterocycles. The molecule has 1 aromatic carbocycles. The van der Waals surface area contributed by atoms with E-state index in [-0.39, 0.29) is 11.9 Å². The van der Waals surface area contributed by atoms with Crippen LogP contribution in [0.4, 0.5) is 0 Å². The van der Waals surface area contributed by atoms with Crippen LogP contribution in [0.1, 0.15) is 12.0 Å². The van der Waals surface area contributed by atoms with Crippen molar-refractivity contribution in [1.82, 2.24) is 5.32 Å². The zero-order valence-electron chi connectivity index (χ0n) is 8.65. The van der Waals surface area contributed by atoms with Crippen LogP contribution >= 0.6 is 0 Å². The zero-order chi connectivity index (χ0) is 10.7. The maximum atomic E-state index is 11.0. The Labute approximate surface area is 89.7 Å². The Hall–Kier alpha value is -1.35. The van der Waals surface area contributed by atoms with Gasteiger partial charge in [-0.3, -0.25) is 4.79 Å². The normalized spacial score (nSPS) is 25.3. The number of benzene rings is 1. The topological polar surface area (TPSA) is 55.1 Å². The average Bonchev–Trinajstić information content (AvgIpc) is 2.68. The summed E-state index contributed by atoms with van der Waals surface area (Å²) in [6.07, 6.45) is 1.89. The van der Waals surface area contributed by atoms with Crippen LogP contribution < -0.4 is 11.1 Å². The first-order chi connectivity index (χ1) is 7.25. The van der Waals surface area contributed by atoms with Crippen molar-refractivity contribution in [3.05, 3.63) is 35.9 Å². The average molecular weight is 204 g/mol. The van der Waals surface area contributed by atoms with Gasteiger partial charge < -0.3 is 11.1 Å². The number of hydrogen-bond acceptors (Lipinski definition) is 2. The van der Waals surface area contributed by atoms with Gasteiger partial charge in [-0.1, -0.05) is 30.3 Å². The predicted octanol–water partition coefficient (Wildman–Crippen LogP) is 0.692. The van der Waals surface area contributed by atoms with E-state index in [2.05, 4.69) is 17.4 Å². The maximum Gasteiger partial charge on any atom is 0.234 e. The highest BCUT2D eigenvalue weighted by Gasteiger charge is 2.27. The summed E-state index contributed by atoms with van der Waals surface area (Å²) in [5, 5.41) is 3.15. The van der Waals surface area contributed by atoms with E-state index in [9.17, 15) is 4.79 Å². The third-order valence-electron chi connectivity index (χ3n) is 2.93. The van der Waals surface area contributed by atoms with E-state index in [1.165, 1.54) is 5.56 Å². The summed E-state index contributed by atoms with van der Waals surface area (Å²) >= 11 is 0. The van der Waals surface area contributed by atoms with E-state index in [4.69, 9.17) is 5.73 Å². The first-order valence-corrected chi connectivity index (χ1v) is 5.32. The molecule has 1 aliphatic rings. The molecule has 0 aliphatic carbocycles. The lowest BCUT2D eigenvalue weighted by molar-refractivity contribution is -0.119. The molecular formula is C12H16N2O.